The Morgan fingerprint density at radius 3 is 2.87 bits per heavy atom. The van der Waals surface area contributed by atoms with Crippen molar-refractivity contribution in [3.63, 3.8) is 0 Å². The van der Waals surface area contributed by atoms with Gasteiger partial charge in [-0.05, 0) is 58.7 Å². The van der Waals surface area contributed by atoms with Crippen LogP contribution in [0.15, 0.2) is 81.2 Å². The van der Waals surface area contributed by atoms with Crippen molar-refractivity contribution in [3.05, 3.63) is 96.8 Å². The number of thioether (sulfide) groups is 1. The molecule has 0 amide bonds. The Balaban J connectivity index is 1.79. The predicted octanol–water partition coefficient (Wildman–Crippen LogP) is 7.11. The molecule has 0 bridgehead atoms. The van der Waals surface area contributed by atoms with Gasteiger partial charge in [0.15, 0.2) is 0 Å². The number of hydrogen-bond acceptors (Lipinski definition) is 1. The summed E-state index contributed by atoms with van der Waals surface area (Å²) in [6.07, 6.45) is 15.2. The van der Waals surface area contributed by atoms with Crippen LogP contribution in [0.2, 0.25) is 10.0 Å². The summed E-state index contributed by atoms with van der Waals surface area (Å²) in [5.74, 6) is 0. The van der Waals surface area contributed by atoms with Crippen molar-refractivity contribution in [1.82, 2.24) is 0 Å². The smallest absolute Gasteiger partial charge is 0.0493 e. The Labute approximate surface area is 150 Å². The molecule has 1 heterocycles. The summed E-state index contributed by atoms with van der Waals surface area (Å²) in [5, 5.41) is 3.52. The van der Waals surface area contributed by atoms with E-state index in [0.717, 1.165) is 18.4 Å². The first-order valence-electron chi connectivity index (χ1n) is 7.51. The molecule has 23 heavy (non-hydrogen) atoms. The fraction of sp³-hybridized carbons (Fsp3) is 0.100. The van der Waals surface area contributed by atoms with E-state index in [9.17, 15) is 0 Å². The molecule has 4 rings (SSSR count). The molecule has 0 spiro atoms. The molecule has 2 aliphatic carbocycles. The second kappa shape index (κ2) is 6.24. The normalized spacial score (nSPS) is 21.0. The molecule has 0 aromatic heterocycles. The number of fused-ring (bicyclic) bond motifs is 1. The summed E-state index contributed by atoms with van der Waals surface area (Å²) >= 11 is 14.1. The average Bonchev–Trinajstić information content (AvgIpc) is 2.73. The zero-order valence-corrected chi connectivity index (χ0v) is 14.7. The quantitative estimate of drug-likeness (QED) is 0.516. The summed E-state index contributed by atoms with van der Waals surface area (Å²) in [6, 6.07) is 5.65. The summed E-state index contributed by atoms with van der Waals surface area (Å²) in [4.78, 5) is 1.25. The molecule has 0 saturated heterocycles. The molecular formula is C20H14Cl2S. The van der Waals surface area contributed by atoms with Crippen molar-refractivity contribution in [2.75, 3.05) is 0 Å². The number of allylic oxidation sites excluding steroid dienone is 9. The fourth-order valence-electron chi connectivity index (χ4n) is 3.13. The van der Waals surface area contributed by atoms with Crippen molar-refractivity contribution >= 4 is 41.0 Å². The molecule has 1 aromatic carbocycles. The number of halogens is 2. The van der Waals surface area contributed by atoms with E-state index < -0.39 is 0 Å². The van der Waals surface area contributed by atoms with Crippen molar-refractivity contribution < 1.29 is 0 Å². The molecule has 0 N–H and O–H groups in total. The van der Waals surface area contributed by atoms with Gasteiger partial charge in [0.05, 0.1) is 0 Å². The number of rotatable bonds is 1. The molecule has 0 nitrogen and oxygen atoms in total. The van der Waals surface area contributed by atoms with Gasteiger partial charge in [0.2, 0.25) is 0 Å². The molecule has 0 fully saturated rings. The van der Waals surface area contributed by atoms with E-state index >= 15 is 0 Å². The Morgan fingerprint density at radius 1 is 1.09 bits per heavy atom. The van der Waals surface area contributed by atoms with Crippen LogP contribution in [0.1, 0.15) is 18.4 Å². The summed E-state index contributed by atoms with van der Waals surface area (Å²) < 4.78 is 0. The lowest BCUT2D eigenvalue weighted by molar-refractivity contribution is 1.10. The minimum atomic E-state index is 0.664. The Bertz CT molecular complexity index is 864. The lowest BCUT2D eigenvalue weighted by Gasteiger charge is -2.15. The fourth-order valence-corrected chi connectivity index (χ4v) is 4.53. The lowest BCUT2D eigenvalue weighted by atomic mass is 10.0. The van der Waals surface area contributed by atoms with Gasteiger partial charge in [-0.25, -0.2) is 0 Å². The highest BCUT2D eigenvalue weighted by Crippen LogP contribution is 2.47. The minimum absolute atomic E-state index is 0.664. The Kier molecular flexibility index (Phi) is 4.11. The van der Waals surface area contributed by atoms with Gasteiger partial charge in [0, 0.05) is 15.0 Å². The van der Waals surface area contributed by atoms with Gasteiger partial charge in [-0.3, -0.25) is 0 Å². The van der Waals surface area contributed by atoms with E-state index in [2.05, 4.69) is 41.9 Å². The van der Waals surface area contributed by atoms with Crippen LogP contribution in [-0.4, -0.2) is 0 Å². The van der Waals surface area contributed by atoms with E-state index in [1.54, 1.807) is 17.8 Å². The van der Waals surface area contributed by atoms with Crippen LogP contribution < -0.4 is 0 Å². The van der Waals surface area contributed by atoms with Gasteiger partial charge < -0.3 is 0 Å². The molecule has 1 aromatic rings. The van der Waals surface area contributed by atoms with E-state index in [1.807, 2.05) is 12.1 Å². The lowest BCUT2D eigenvalue weighted by Crippen LogP contribution is -1.93. The van der Waals surface area contributed by atoms with Gasteiger partial charge in [0.1, 0.15) is 0 Å². The maximum atomic E-state index is 6.35. The van der Waals surface area contributed by atoms with Crippen LogP contribution in [0.25, 0.3) is 6.08 Å². The van der Waals surface area contributed by atoms with E-state index in [1.165, 1.54) is 27.2 Å². The third-order valence-electron chi connectivity index (χ3n) is 4.21. The van der Waals surface area contributed by atoms with Crippen LogP contribution in [0.5, 0.6) is 0 Å². The first kappa shape index (κ1) is 15.1. The molecule has 0 saturated carbocycles. The third-order valence-corrected chi connectivity index (χ3v) is 5.62. The van der Waals surface area contributed by atoms with E-state index in [4.69, 9.17) is 23.2 Å². The Morgan fingerprint density at radius 2 is 2.00 bits per heavy atom. The molecular weight excluding hydrogens is 343 g/mol. The molecule has 0 unspecified atom stereocenters. The third kappa shape index (κ3) is 2.89. The summed E-state index contributed by atoms with van der Waals surface area (Å²) in [5.41, 5.74) is 6.65. The van der Waals surface area contributed by atoms with Gasteiger partial charge >= 0.3 is 0 Å². The topological polar surface area (TPSA) is 0 Å². The summed E-state index contributed by atoms with van der Waals surface area (Å²) in [6.45, 7) is 0. The van der Waals surface area contributed by atoms with Crippen molar-refractivity contribution in [2.45, 2.75) is 12.8 Å². The predicted molar refractivity (Wildman–Crippen MR) is 103 cm³/mol. The zero-order chi connectivity index (χ0) is 15.8. The summed E-state index contributed by atoms with van der Waals surface area (Å²) in [7, 11) is 0. The molecule has 0 radical (unpaired) electrons. The van der Waals surface area contributed by atoms with Gasteiger partial charge in [-0.1, -0.05) is 77.0 Å². The minimum Gasteiger partial charge on any atom is -0.0974 e. The van der Waals surface area contributed by atoms with Crippen LogP contribution in [0.3, 0.4) is 0 Å². The average molecular weight is 357 g/mol. The van der Waals surface area contributed by atoms with Gasteiger partial charge in [-0.2, -0.15) is 0 Å². The van der Waals surface area contributed by atoms with Crippen molar-refractivity contribution in [2.24, 2.45) is 0 Å². The Hall–Kier alpha value is -1.41. The highest BCUT2D eigenvalue weighted by molar-refractivity contribution is 8.06. The van der Waals surface area contributed by atoms with Crippen LogP contribution in [0.4, 0.5) is 0 Å². The van der Waals surface area contributed by atoms with Crippen LogP contribution in [0, 0.1) is 0 Å². The van der Waals surface area contributed by atoms with Crippen LogP contribution >= 0.6 is 35.0 Å². The van der Waals surface area contributed by atoms with Crippen molar-refractivity contribution in [1.29, 1.82) is 0 Å². The molecule has 3 heteroatoms. The molecule has 1 aliphatic heterocycles. The van der Waals surface area contributed by atoms with Crippen LogP contribution in [-0.2, 0) is 0 Å². The van der Waals surface area contributed by atoms with Crippen molar-refractivity contribution in [3.8, 4) is 0 Å². The number of benzene rings is 1. The standard InChI is InChI=1S/C20H14Cl2S/c21-16-7-6-14(18(22)12-16)11-19-20-15(8-9-23-19)10-13-4-2-1-3-5-17(13)20/h1-3,5-9,11-12H,4,10H2. The SMILES string of the molecule is Clc1ccc(C=C2SC=CC3=C2C2=C(CC=CC=C2)C3)c(Cl)c1. The second-order valence-electron chi connectivity index (χ2n) is 5.68. The monoisotopic (exact) mass is 356 g/mol. The maximum absolute atomic E-state index is 6.35. The zero-order valence-electron chi connectivity index (χ0n) is 12.4. The highest BCUT2D eigenvalue weighted by Gasteiger charge is 2.26. The maximum Gasteiger partial charge on any atom is 0.0493 e. The molecule has 114 valence electrons. The second-order valence-corrected chi connectivity index (χ2v) is 7.47. The molecule has 3 aliphatic rings. The highest BCUT2D eigenvalue weighted by atomic mass is 35.5. The first-order valence-corrected chi connectivity index (χ1v) is 9.15. The number of hydrogen-bond donors (Lipinski definition) is 0. The van der Waals surface area contributed by atoms with E-state index in [0.29, 0.717) is 10.0 Å². The van der Waals surface area contributed by atoms with Gasteiger partial charge in [0.25, 0.3) is 0 Å². The van der Waals surface area contributed by atoms with E-state index in [-0.39, 0.29) is 0 Å². The molecule has 0 atom stereocenters. The van der Waals surface area contributed by atoms with Gasteiger partial charge in [-0.15, -0.1) is 0 Å². The largest absolute Gasteiger partial charge is 0.0974 e. The first-order chi connectivity index (χ1) is 11.2.